The van der Waals surface area contributed by atoms with E-state index in [0.717, 1.165) is 18.4 Å². The lowest BCUT2D eigenvalue weighted by atomic mass is 10.2. The van der Waals surface area contributed by atoms with E-state index in [-0.39, 0.29) is 0 Å². The number of hydrogen-bond donors (Lipinski definition) is 1. The third-order valence-electron chi connectivity index (χ3n) is 2.05. The number of ether oxygens (including phenoxy) is 1. The molecule has 2 aliphatic heterocycles. The highest BCUT2D eigenvalue weighted by atomic mass is 32.2. The van der Waals surface area contributed by atoms with Crippen molar-refractivity contribution in [2.45, 2.75) is 24.3 Å². The second-order valence-corrected chi connectivity index (χ2v) is 4.14. The van der Waals surface area contributed by atoms with E-state index < -0.39 is 0 Å². The fourth-order valence-electron chi connectivity index (χ4n) is 1.53. The van der Waals surface area contributed by atoms with Crippen LogP contribution in [0.2, 0.25) is 0 Å². The van der Waals surface area contributed by atoms with Gasteiger partial charge in [-0.2, -0.15) is 11.8 Å². The van der Waals surface area contributed by atoms with E-state index in [2.05, 4.69) is 17.1 Å². The molecule has 58 valence electrons. The standard InChI is InChI=1S/C7H13NOS/c1-2-6(10-5-1)7-8-3-4-9-7/h6-8H,1-5H2. The lowest BCUT2D eigenvalue weighted by Crippen LogP contribution is -2.32. The molecule has 0 aromatic heterocycles. The van der Waals surface area contributed by atoms with Gasteiger partial charge < -0.3 is 4.74 Å². The molecular formula is C7H13NOS. The minimum atomic E-state index is 0.368. The molecule has 2 rings (SSSR count). The molecule has 2 atom stereocenters. The van der Waals surface area contributed by atoms with Gasteiger partial charge in [0.25, 0.3) is 0 Å². The van der Waals surface area contributed by atoms with Crippen molar-refractivity contribution in [2.75, 3.05) is 18.9 Å². The Kier molecular flexibility index (Phi) is 2.16. The van der Waals surface area contributed by atoms with Gasteiger partial charge in [-0.05, 0) is 18.6 Å². The van der Waals surface area contributed by atoms with E-state index in [4.69, 9.17) is 4.74 Å². The van der Waals surface area contributed by atoms with Gasteiger partial charge in [-0.15, -0.1) is 0 Å². The van der Waals surface area contributed by atoms with Crippen LogP contribution in [-0.4, -0.2) is 30.4 Å². The second kappa shape index (κ2) is 3.11. The Morgan fingerprint density at radius 1 is 1.50 bits per heavy atom. The number of hydrogen-bond acceptors (Lipinski definition) is 3. The molecule has 0 bridgehead atoms. The summed E-state index contributed by atoms with van der Waals surface area (Å²) in [7, 11) is 0. The number of rotatable bonds is 1. The summed E-state index contributed by atoms with van der Waals surface area (Å²) in [4.78, 5) is 0. The molecule has 2 nitrogen and oxygen atoms in total. The molecule has 2 unspecified atom stereocenters. The van der Waals surface area contributed by atoms with Crippen molar-refractivity contribution in [1.82, 2.24) is 5.32 Å². The Hall–Kier alpha value is 0.270. The molecule has 10 heavy (non-hydrogen) atoms. The monoisotopic (exact) mass is 159 g/mol. The van der Waals surface area contributed by atoms with Crippen molar-refractivity contribution in [2.24, 2.45) is 0 Å². The van der Waals surface area contributed by atoms with E-state index in [1.54, 1.807) is 0 Å². The maximum absolute atomic E-state index is 5.50. The third kappa shape index (κ3) is 1.31. The lowest BCUT2D eigenvalue weighted by Gasteiger charge is -2.15. The zero-order chi connectivity index (χ0) is 6.81. The van der Waals surface area contributed by atoms with Gasteiger partial charge in [0.15, 0.2) is 0 Å². The van der Waals surface area contributed by atoms with Crippen molar-refractivity contribution >= 4 is 11.8 Å². The first-order valence-corrected chi connectivity index (χ1v) is 4.98. The summed E-state index contributed by atoms with van der Waals surface area (Å²) in [5.74, 6) is 1.33. The summed E-state index contributed by atoms with van der Waals surface area (Å²) in [5, 5.41) is 4.09. The summed E-state index contributed by atoms with van der Waals surface area (Å²) < 4.78 is 5.50. The van der Waals surface area contributed by atoms with Crippen LogP contribution in [0.5, 0.6) is 0 Å². The minimum Gasteiger partial charge on any atom is -0.361 e. The zero-order valence-electron chi connectivity index (χ0n) is 6.01. The summed E-state index contributed by atoms with van der Waals surface area (Å²) in [6.45, 7) is 1.95. The average Bonchev–Trinajstić information content (AvgIpc) is 2.59. The topological polar surface area (TPSA) is 21.3 Å². The molecular weight excluding hydrogens is 146 g/mol. The van der Waals surface area contributed by atoms with Gasteiger partial charge in [0, 0.05) is 11.8 Å². The molecule has 0 radical (unpaired) electrons. The van der Waals surface area contributed by atoms with E-state index in [1.165, 1.54) is 18.6 Å². The molecule has 2 aliphatic rings. The van der Waals surface area contributed by atoms with Crippen LogP contribution < -0.4 is 5.32 Å². The number of nitrogens with one attached hydrogen (secondary N) is 1. The molecule has 0 aromatic carbocycles. The van der Waals surface area contributed by atoms with Crippen molar-refractivity contribution in [3.05, 3.63) is 0 Å². The fraction of sp³-hybridized carbons (Fsp3) is 1.00. The van der Waals surface area contributed by atoms with Gasteiger partial charge in [0.05, 0.1) is 6.61 Å². The largest absolute Gasteiger partial charge is 0.361 e. The summed E-state index contributed by atoms with van der Waals surface area (Å²) in [5.41, 5.74) is 0. The Morgan fingerprint density at radius 3 is 3.10 bits per heavy atom. The number of thioether (sulfide) groups is 1. The van der Waals surface area contributed by atoms with Gasteiger partial charge >= 0.3 is 0 Å². The Labute approximate surface area is 65.7 Å². The van der Waals surface area contributed by atoms with E-state index >= 15 is 0 Å². The predicted molar refractivity (Wildman–Crippen MR) is 43.2 cm³/mol. The van der Waals surface area contributed by atoms with Crippen LogP contribution in [0.3, 0.4) is 0 Å². The van der Waals surface area contributed by atoms with Crippen LogP contribution in [0.1, 0.15) is 12.8 Å². The third-order valence-corrected chi connectivity index (χ3v) is 3.48. The van der Waals surface area contributed by atoms with E-state index in [0.29, 0.717) is 6.23 Å². The first-order valence-electron chi connectivity index (χ1n) is 3.93. The normalized spacial score (nSPS) is 40.8. The molecule has 3 heteroatoms. The van der Waals surface area contributed by atoms with Gasteiger partial charge in [0.2, 0.25) is 0 Å². The van der Waals surface area contributed by atoms with Gasteiger partial charge in [0.1, 0.15) is 6.23 Å². The van der Waals surface area contributed by atoms with Crippen molar-refractivity contribution in [3.8, 4) is 0 Å². The van der Waals surface area contributed by atoms with Crippen LogP contribution in [0, 0.1) is 0 Å². The maximum Gasteiger partial charge on any atom is 0.120 e. The molecule has 0 aromatic rings. The van der Waals surface area contributed by atoms with Gasteiger partial charge in [-0.1, -0.05) is 0 Å². The fourth-order valence-corrected chi connectivity index (χ4v) is 2.85. The van der Waals surface area contributed by atoms with Gasteiger partial charge in [-0.3, -0.25) is 5.32 Å². The molecule has 2 fully saturated rings. The summed E-state index contributed by atoms with van der Waals surface area (Å²) in [6, 6.07) is 0. The SMILES string of the molecule is C1CSC(C2NCCO2)C1. The van der Waals surface area contributed by atoms with Crippen LogP contribution in [-0.2, 0) is 4.74 Å². The second-order valence-electron chi connectivity index (χ2n) is 2.80. The molecule has 1 N–H and O–H groups in total. The maximum atomic E-state index is 5.50. The van der Waals surface area contributed by atoms with Crippen LogP contribution in [0.25, 0.3) is 0 Å². The Balaban J connectivity index is 1.85. The quantitative estimate of drug-likeness (QED) is 0.612. The van der Waals surface area contributed by atoms with Crippen molar-refractivity contribution < 1.29 is 4.74 Å². The van der Waals surface area contributed by atoms with Crippen molar-refractivity contribution in [3.63, 3.8) is 0 Å². The highest BCUT2D eigenvalue weighted by Gasteiger charge is 2.28. The highest BCUT2D eigenvalue weighted by molar-refractivity contribution is 8.00. The molecule has 0 spiro atoms. The summed E-state index contributed by atoms with van der Waals surface area (Å²) in [6.07, 6.45) is 3.08. The molecule has 0 saturated carbocycles. The van der Waals surface area contributed by atoms with E-state index in [9.17, 15) is 0 Å². The molecule has 2 heterocycles. The molecule has 2 saturated heterocycles. The molecule has 0 amide bonds. The Bertz CT molecular complexity index is 94.2. The first-order chi connectivity index (χ1) is 4.97. The lowest BCUT2D eigenvalue weighted by molar-refractivity contribution is 0.0987. The smallest absolute Gasteiger partial charge is 0.120 e. The first kappa shape index (κ1) is 6.95. The Morgan fingerprint density at radius 2 is 2.50 bits per heavy atom. The average molecular weight is 159 g/mol. The van der Waals surface area contributed by atoms with Crippen LogP contribution in [0.4, 0.5) is 0 Å². The predicted octanol–water partition coefficient (Wildman–Crippen LogP) is 0.828. The summed E-state index contributed by atoms with van der Waals surface area (Å²) >= 11 is 2.05. The molecule has 0 aliphatic carbocycles. The van der Waals surface area contributed by atoms with Crippen LogP contribution >= 0.6 is 11.8 Å². The highest BCUT2D eigenvalue weighted by Crippen LogP contribution is 2.29. The van der Waals surface area contributed by atoms with Gasteiger partial charge in [-0.25, -0.2) is 0 Å². The van der Waals surface area contributed by atoms with Crippen LogP contribution in [0.15, 0.2) is 0 Å². The zero-order valence-corrected chi connectivity index (χ0v) is 6.82. The van der Waals surface area contributed by atoms with E-state index in [1.807, 2.05) is 0 Å². The van der Waals surface area contributed by atoms with Crippen molar-refractivity contribution in [1.29, 1.82) is 0 Å². The minimum absolute atomic E-state index is 0.368.